The first kappa shape index (κ1) is 11.3. The van der Waals surface area contributed by atoms with Gasteiger partial charge in [0.2, 0.25) is 5.91 Å². The lowest BCUT2D eigenvalue weighted by atomic mass is 9.94. The first-order chi connectivity index (χ1) is 7.29. The first-order valence-electron chi connectivity index (χ1n) is 5.91. The van der Waals surface area contributed by atoms with Crippen LogP contribution in [0.15, 0.2) is 0 Å². The van der Waals surface area contributed by atoms with Crippen LogP contribution in [0, 0.1) is 0 Å². The highest BCUT2D eigenvalue weighted by Crippen LogP contribution is 2.35. The Bertz CT molecular complexity index is 243. The molecule has 86 valence electrons. The minimum Gasteiger partial charge on any atom is -0.354 e. The van der Waals surface area contributed by atoms with Gasteiger partial charge in [0.05, 0.1) is 0 Å². The summed E-state index contributed by atoms with van der Waals surface area (Å²) in [6.07, 6.45) is 3.27. The maximum Gasteiger partial charge on any atom is 0.240 e. The van der Waals surface area contributed by atoms with Crippen molar-refractivity contribution in [3.05, 3.63) is 0 Å². The molecule has 3 nitrogen and oxygen atoms in total. The van der Waals surface area contributed by atoms with Gasteiger partial charge in [0.1, 0.15) is 5.54 Å². The zero-order chi connectivity index (χ0) is 10.7. The molecule has 0 aliphatic carbocycles. The normalized spacial score (nSPS) is 31.4. The van der Waals surface area contributed by atoms with Crippen molar-refractivity contribution in [2.24, 2.45) is 0 Å². The summed E-state index contributed by atoms with van der Waals surface area (Å²) in [6.45, 7) is 5.24. The quantitative estimate of drug-likeness (QED) is 0.731. The second kappa shape index (κ2) is 4.74. The number of likely N-dealkylation sites (tertiary alicyclic amines) is 1. The van der Waals surface area contributed by atoms with E-state index in [-0.39, 0.29) is 11.4 Å². The van der Waals surface area contributed by atoms with Gasteiger partial charge in [-0.1, -0.05) is 6.92 Å². The van der Waals surface area contributed by atoms with Crippen molar-refractivity contribution in [1.29, 1.82) is 0 Å². The van der Waals surface area contributed by atoms with E-state index >= 15 is 0 Å². The van der Waals surface area contributed by atoms with E-state index in [1.807, 2.05) is 11.8 Å². The van der Waals surface area contributed by atoms with Crippen molar-refractivity contribution in [2.75, 3.05) is 31.1 Å². The molecule has 15 heavy (non-hydrogen) atoms. The van der Waals surface area contributed by atoms with Crippen LogP contribution in [0.2, 0.25) is 0 Å². The van der Waals surface area contributed by atoms with E-state index in [0.717, 1.165) is 38.2 Å². The van der Waals surface area contributed by atoms with Crippen molar-refractivity contribution >= 4 is 17.7 Å². The molecule has 2 rings (SSSR count). The Kier molecular flexibility index (Phi) is 3.57. The topological polar surface area (TPSA) is 32.3 Å². The van der Waals surface area contributed by atoms with Crippen molar-refractivity contribution in [3.8, 4) is 0 Å². The number of nitrogens with zero attached hydrogens (tertiary/aromatic N) is 1. The van der Waals surface area contributed by atoms with E-state index in [1.54, 1.807) is 0 Å². The Morgan fingerprint density at radius 1 is 1.53 bits per heavy atom. The summed E-state index contributed by atoms with van der Waals surface area (Å²) in [5, 5.41) is 2.99. The molecule has 0 bridgehead atoms. The van der Waals surface area contributed by atoms with Crippen LogP contribution >= 0.6 is 11.8 Å². The van der Waals surface area contributed by atoms with Crippen LogP contribution in [0.3, 0.4) is 0 Å². The zero-order valence-electron chi connectivity index (χ0n) is 9.42. The molecule has 1 N–H and O–H groups in total. The third-order valence-electron chi connectivity index (χ3n) is 3.58. The molecule has 1 unspecified atom stereocenters. The number of nitrogens with one attached hydrogen (secondary N) is 1. The summed E-state index contributed by atoms with van der Waals surface area (Å²) in [5.74, 6) is 2.61. The number of thioether (sulfide) groups is 1. The van der Waals surface area contributed by atoms with E-state index in [0.29, 0.717) is 0 Å². The standard InChI is InChI=1S/C11H20N2OS/c1-2-15-9-8-13-7-3-4-11(13)5-6-12-10(11)14/h2-9H2,1H3,(H,12,14). The molecule has 2 heterocycles. The fourth-order valence-corrected chi connectivity index (χ4v) is 3.42. The Labute approximate surface area is 96.0 Å². The second-order valence-corrected chi connectivity index (χ2v) is 5.72. The van der Waals surface area contributed by atoms with Crippen molar-refractivity contribution in [1.82, 2.24) is 10.2 Å². The van der Waals surface area contributed by atoms with Gasteiger partial charge < -0.3 is 5.32 Å². The number of carbonyl (C=O) groups is 1. The molecular weight excluding hydrogens is 208 g/mol. The smallest absolute Gasteiger partial charge is 0.240 e. The molecule has 2 aliphatic rings. The number of hydrogen-bond donors (Lipinski definition) is 1. The van der Waals surface area contributed by atoms with Gasteiger partial charge in [0.15, 0.2) is 0 Å². The SMILES string of the molecule is CCSCCN1CCCC12CCNC2=O. The van der Waals surface area contributed by atoms with Crippen LogP contribution in [-0.4, -0.2) is 47.5 Å². The summed E-state index contributed by atoms with van der Waals surface area (Å²) < 4.78 is 0. The summed E-state index contributed by atoms with van der Waals surface area (Å²) in [4.78, 5) is 14.3. The van der Waals surface area contributed by atoms with Crippen LogP contribution in [0.4, 0.5) is 0 Å². The number of carbonyl (C=O) groups excluding carboxylic acids is 1. The number of hydrogen-bond acceptors (Lipinski definition) is 3. The average Bonchev–Trinajstić information content (AvgIpc) is 2.78. The molecule has 0 aromatic rings. The minimum atomic E-state index is -0.117. The van der Waals surface area contributed by atoms with E-state index in [4.69, 9.17) is 0 Å². The molecule has 2 aliphatic heterocycles. The fraction of sp³-hybridized carbons (Fsp3) is 0.909. The lowest BCUT2D eigenvalue weighted by molar-refractivity contribution is -0.128. The van der Waals surface area contributed by atoms with Gasteiger partial charge in [-0.05, 0) is 31.6 Å². The Balaban J connectivity index is 1.95. The molecule has 1 amide bonds. The molecule has 0 saturated carbocycles. The van der Waals surface area contributed by atoms with Gasteiger partial charge in [-0.3, -0.25) is 9.69 Å². The minimum absolute atomic E-state index is 0.117. The van der Waals surface area contributed by atoms with Crippen LogP contribution < -0.4 is 5.32 Å². The average molecular weight is 228 g/mol. The first-order valence-corrected chi connectivity index (χ1v) is 7.06. The van der Waals surface area contributed by atoms with Crippen molar-refractivity contribution in [2.45, 2.75) is 31.7 Å². The highest BCUT2D eigenvalue weighted by Gasteiger charge is 2.49. The Morgan fingerprint density at radius 3 is 3.07 bits per heavy atom. The van der Waals surface area contributed by atoms with Crippen molar-refractivity contribution < 1.29 is 4.79 Å². The van der Waals surface area contributed by atoms with Crippen LogP contribution in [0.5, 0.6) is 0 Å². The summed E-state index contributed by atoms with van der Waals surface area (Å²) >= 11 is 1.96. The highest BCUT2D eigenvalue weighted by molar-refractivity contribution is 7.99. The van der Waals surface area contributed by atoms with Gasteiger partial charge >= 0.3 is 0 Å². The Morgan fingerprint density at radius 2 is 2.40 bits per heavy atom. The molecule has 1 atom stereocenters. The summed E-state index contributed by atoms with van der Waals surface area (Å²) in [5.41, 5.74) is -0.117. The van der Waals surface area contributed by atoms with Crippen LogP contribution in [0.1, 0.15) is 26.2 Å². The molecule has 0 aromatic carbocycles. The molecule has 4 heteroatoms. The van der Waals surface area contributed by atoms with E-state index in [1.165, 1.54) is 12.2 Å². The maximum absolute atomic E-state index is 11.9. The fourth-order valence-electron chi connectivity index (χ4n) is 2.78. The van der Waals surface area contributed by atoms with Crippen LogP contribution in [0.25, 0.3) is 0 Å². The molecule has 2 saturated heterocycles. The number of amides is 1. The molecule has 0 aromatic heterocycles. The highest BCUT2D eigenvalue weighted by atomic mass is 32.2. The van der Waals surface area contributed by atoms with E-state index in [9.17, 15) is 4.79 Å². The van der Waals surface area contributed by atoms with Gasteiger partial charge in [0.25, 0.3) is 0 Å². The zero-order valence-corrected chi connectivity index (χ0v) is 10.2. The largest absolute Gasteiger partial charge is 0.354 e. The molecular formula is C11H20N2OS. The summed E-state index contributed by atoms with van der Waals surface area (Å²) in [7, 11) is 0. The van der Waals surface area contributed by atoms with E-state index < -0.39 is 0 Å². The molecule has 2 fully saturated rings. The third kappa shape index (κ3) is 2.02. The molecule has 0 radical (unpaired) electrons. The van der Waals surface area contributed by atoms with Gasteiger partial charge in [-0.25, -0.2) is 0 Å². The third-order valence-corrected chi connectivity index (χ3v) is 4.46. The van der Waals surface area contributed by atoms with E-state index in [2.05, 4.69) is 17.1 Å². The van der Waals surface area contributed by atoms with Gasteiger partial charge in [0, 0.05) is 18.8 Å². The Hall–Kier alpha value is -0.220. The van der Waals surface area contributed by atoms with Crippen molar-refractivity contribution in [3.63, 3.8) is 0 Å². The second-order valence-electron chi connectivity index (χ2n) is 4.33. The van der Waals surface area contributed by atoms with Gasteiger partial charge in [-0.2, -0.15) is 11.8 Å². The predicted octanol–water partition coefficient (Wildman–Crippen LogP) is 1.09. The maximum atomic E-state index is 11.9. The monoisotopic (exact) mass is 228 g/mol. The predicted molar refractivity (Wildman–Crippen MR) is 64.2 cm³/mol. The number of rotatable bonds is 4. The van der Waals surface area contributed by atoms with Gasteiger partial charge in [-0.15, -0.1) is 0 Å². The summed E-state index contributed by atoms with van der Waals surface area (Å²) in [6, 6.07) is 0. The van der Waals surface area contributed by atoms with Crippen LogP contribution in [-0.2, 0) is 4.79 Å². The lowest BCUT2D eigenvalue weighted by Gasteiger charge is -2.32. The molecule has 1 spiro atoms. The lowest BCUT2D eigenvalue weighted by Crippen LogP contribution is -2.50.